The molecule has 0 unspecified atom stereocenters. The van der Waals surface area contributed by atoms with Gasteiger partial charge in [0.2, 0.25) is 6.79 Å². The van der Waals surface area contributed by atoms with Crippen LogP contribution in [0.4, 0.5) is 0 Å². The summed E-state index contributed by atoms with van der Waals surface area (Å²) in [6.07, 6.45) is 3.95. The Kier molecular flexibility index (Phi) is 5.38. The van der Waals surface area contributed by atoms with E-state index in [-0.39, 0.29) is 30.7 Å². The molecule has 1 fully saturated rings. The van der Waals surface area contributed by atoms with Crippen molar-refractivity contribution < 1.29 is 28.5 Å². The van der Waals surface area contributed by atoms with Crippen LogP contribution in [0, 0.1) is 0 Å². The van der Waals surface area contributed by atoms with Gasteiger partial charge in [-0.25, -0.2) is 0 Å². The minimum absolute atomic E-state index is 0.110. The summed E-state index contributed by atoms with van der Waals surface area (Å²) in [5.41, 5.74) is 3.53. The minimum atomic E-state index is -0.576. The maximum Gasteiger partial charge on any atom is 0.306 e. The summed E-state index contributed by atoms with van der Waals surface area (Å²) in [6, 6.07) is 4.23. The first-order valence-electron chi connectivity index (χ1n) is 11.3. The quantitative estimate of drug-likeness (QED) is 0.508. The molecule has 7 nitrogen and oxygen atoms in total. The number of fused-ring (bicyclic) bond motifs is 3. The third kappa shape index (κ3) is 3.59. The number of benzene rings is 1. The van der Waals surface area contributed by atoms with Crippen LogP contribution in [0.3, 0.4) is 0 Å². The molecule has 4 aliphatic rings. The third-order valence-corrected chi connectivity index (χ3v) is 6.67. The first kappa shape index (κ1) is 20.4. The van der Waals surface area contributed by atoms with E-state index in [1.165, 1.54) is 5.57 Å². The van der Waals surface area contributed by atoms with Gasteiger partial charge in [-0.2, -0.15) is 0 Å². The van der Waals surface area contributed by atoms with Crippen molar-refractivity contribution in [1.82, 2.24) is 4.90 Å². The maximum atomic E-state index is 12.6. The van der Waals surface area contributed by atoms with E-state index in [0.29, 0.717) is 25.7 Å². The lowest BCUT2D eigenvalue weighted by Crippen LogP contribution is -2.52. The molecular weight excluding hydrogens is 398 g/mol. The second-order valence-corrected chi connectivity index (χ2v) is 8.75. The normalized spacial score (nSPS) is 27.9. The Labute approximate surface area is 182 Å². The lowest BCUT2D eigenvalue weighted by molar-refractivity contribution is -0.168. The number of hydrogen-bond acceptors (Lipinski definition) is 7. The minimum Gasteiger partial charge on any atom is -0.457 e. The Bertz CT molecular complexity index is 925. The number of esters is 2. The fourth-order valence-electron chi connectivity index (χ4n) is 5.39. The van der Waals surface area contributed by atoms with Gasteiger partial charge in [-0.3, -0.25) is 14.5 Å². The standard InChI is InChI=1S/C24H29NO6/c1-3-5-20(26)30-19-9-14-7-8-25-12-15-10-17-18(29-13-28-17)11-16(15)22(23(14)25)24(19)31-21(27)6-4-2/h9-11,19,22-24H,3-8,12-13H2,1-2H3/t19-,22-,23+,24+/m0/s1. The van der Waals surface area contributed by atoms with Crippen molar-refractivity contribution in [2.24, 2.45) is 0 Å². The predicted molar refractivity (Wildman–Crippen MR) is 112 cm³/mol. The second kappa shape index (κ2) is 8.19. The lowest BCUT2D eigenvalue weighted by atomic mass is 9.73. The third-order valence-electron chi connectivity index (χ3n) is 6.67. The van der Waals surface area contributed by atoms with Gasteiger partial charge in [-0.1, -0.05) is 19.4 Å². The van der Waals surface area contributed by atoms with E-state index in [0.717, 1.165) is 42.1 Å². The first-order valence-corrected chi connectivity index (χ1v) is 11.3. The summed E-state index contributed by atoms with van der Waals surface area (Å²) in [5.74, 6) is 0.864. The van der Waals surface area contributed by atoms with E-state index in [4.69, 9.17) is 18.9 Å². The average molecular weight is 427 g/mol. The number of hydrogen-bond donors (Lipinski definition) is 0. The summed E-state index contributed by atoms with van der Waals surface area (Å²) >= 11 is 0. The molecular formula is C24H29NO6. The largest absolute Gasteiger partial charge is 0.457 e. The topological polar surface area (TPSA) is 74.3 Å². The number of rotatable bonds is 6. The molecule has 166 valence electrons. The Morgan fingerprint density at radius 1 is 1.06 bits per heavy atom. The van der Waals surface area contributed by atoms with Gasteiger partial charge in [0.25, 0.3) is 0 Å². The SMILES string of the molecule is CCCC(=O)O[C@H]1[C@H]2c3cc4c(cc3CN3CCC(=C[C@@H]1OC(=O)CCC)[C@H]23)OCO4. The maximum absolute atomic E-state index is 12.6. The molecule has 1 aromatic rings. The van der Waals surface area contributed by atoms with Crippen molar-refractivity contribution in [3.05, 3.63) is 34.9 Å². The second-order valence-electron chi connectivity index (χ2n) is 8.75. The highest BCUT2D eigenvalue weighted by molar-refractivity contribution is 5.71. The van der Waals surface area contributed by atoms with Crippen LogP contribution in [0.25, 0.3) is 0 Å². The number of carbonyl (C=O) groups is 2. The van der Waals surface area contributed by atoms with Gasteiger partial charge in [0.15, 0.2) is 23.7 Å². The molecule has 0 radical (unpaired) electrons. The molecule has 0 N–H and O–H groups in total. The van der Waals surface area contributed by atoms with Gasteiger partial charge in [0.05, 0.1) is 0 Å². The molecule has 0 amide bonds. The van der Waals surface area contributed by atoms with Crippen LogP contribution in [0.5, 0.6) is 11.5 Å². The van der Waals surface area contributed by atoms with Crippen molar-refractivity contribution in [3.8, 4) is 11.5 Å². The zero-order valence-electron chi connectivity index (χ0n) is 18.1. The van der Waals surface area contributed by atoms with Crippen LogP contribution in [-0.2, 0) is 25.6 Å². The molecule has 1 aromatic carbocycles. The van der Waals surface area contributed by atoms with Crippen LogP contribution in [0.15, 0.2) is 23.8 Å². The summed E-state index contributed by atoms with van der Waals surface area (Å²) in [7, 11) is 0. The molecule has 0 bridgehead atoms. The molecule has 1 saturated heterocycles. The first-order chi connectivity index (χ1) is 15.1. The molecule has 3 aliphatic heterocycles. The Morgan fingerprint density at radius 3 is 2.52 bits per heavy atom. The van der Waals surface area contributed by atoms with Gasteiger partial charge in [-0.05, 0) is 48.6 Å². The summed E-state index contributed by atoms with van der Waals surface area (Å²) in [6.45, 7) is 5.87. The monoisotopic (exact) mass is 427 g/mol. The molecule has 5 rings (SSSR count). The van der Waals surface area contributed by atoms with Gasteiger partial charge in [0.1, 0.15) is 0 Å². The van der Waals surface area contributed by atoms with E-state index in [1.54, 1.807) is 0 Å². The fraction of sp³-hybridized carbons (Fsp3) is 0.583. The van der Waals surface area contributed by atoms with Crippen LogP contribution in [-0.4, -0.2) is 48.4 Å². The Hall–Kier alpha value is -2.54. The molecule has 0 saturated carbocycles. The van der Waals surface area contributed by atoms with Crippen molar-refractivity contribution in [3.63, 3.8) is 0 Å². The molecule has 0 spiro atoms. The number of carbonyl (C=O) groups excluding carboxylic acids is 2. The van der Waals surface area contributed by atoms with Crippen LogP contribution >= 0.6 is 0 Å². The lowest BCUT2D eigenvalue weighted by Gasteiger charge is -2.46. The smallest absolute Gasteiger partial charge is 0.306 e. The fourth-order valence-corrected chi connectivity index (χ4v) is 5.39. The van der Waals surface area contributed by atoms with Gasteiger partial charge in [-0.15, -0.1) is 0 Å². The Morgan fingerprint density at radius 2 is 1.77 bits per heavy atom. The molecule has 0 aromatic heterocycles. The molecule has 31 heavy (non-hydrogen) atoms. The van der Waals surface area contributed by atoms with Gasteiger partial charge < -0.3 is 18.9 Å². The van der Waals surface area contributed by atoms with Crippen molar-refractivity contribution in [2.75, 3.05) is 13.3 Å². The molecule has 4 atom stereocenters. The highest BCUT2D eigenvalue weighted by Crippen LogP contribution is 2.50. The van der Waals surface area contributed by atoms with E-state index in [2.05, 4.69) is 4.90 Å². The molecule has 1 aliphatic carbocycles. The van der Waals surface area contributed by atoms with Crippen molar-refractivity contribution >= 4 is 11.9 Å². The van der Waals surface area contributed by atoms with E-state index in [1.807, 2.05) is 32.1 Å². The van der Waals surface area contributed by atoms with Gasteiger partial charge >= 0.3 is 11.9 Å². The van der Waals surface area contributed by atoms with Crippen molar-refractivity contribution in [1.29, 1.82) is 0 Å². The number of ether oxygens (including phenoxy) is 4. The Balaban J connectivity index is 1.57. The van der Waals surface area contributed by atoms with Crippen LogP contribution in [0.1, 0.15) is 63.0 Å². The van der Waals surface area contributed by atoms with E-state index < -0.39 is 12.2 Å². The zero-order valence-corrected chi connectivity index (χ0v) is 18.1. The van der Waals surface area contributed by atoms with Crippen LogP contribution in [0.2, 0.25) is 0 Å². The zero-order chi connectivity index (χ0) is 21.5. The predicted octanol–water partition coefficient (Wildman–Crippen LogP) is 3.45. The number of nitrogens with zero attached hydrogens (tertiary/aromatic N) is 1. The average Bonchev–Trinajstić information content (AvgIpc) is 3.35. The van der Waals surface area contributed by atoms with Gasteiger partial charge in [0, 0.05) is 37.9 Å². The molecule has 3 heterocycles. The molecule has 7 heteroatoms. The summed E-state index contributed by atoms with van der Waals surface area (Å²) < 4.78 is 23.1. The summed E-state index contributed by atoms with van der Waals surface area (Å²) in [4.78, 5) is 27.4. The van der Waals surface area contributed by atoms with Crippen LogP contribution < -0.4 is 9.47 Å². The summed E-state index contributed by atoms with van der Waals surface area (Å²) in [5, 5.41) is 0. The highest BCUT2D eigenvalue weighted by atomic mass is 16.7. The van der Waals surface area contributed by atoms with Crippen molar-refractivity contribution in [2.45, 2.75) is 76.7 Å². The van der Waals surface area contributed by atoms with E-state index in [9.17, 15) is 9.59 Å². The highest BCUT2D eigenvalue weighted by Gasteiger charge is 2.52. The van der Waals surface area contributed by atoms with E-state index >= 15 is 0 Å².